The van der Waals surface area contributed by atoms with Gasteiger partial charge >= 0.3 is 12.1 Å². The Labute approximate surface area is 123 Å². The molecule has 0 saturated carbocycles. The van der Waals surface area contributed by atoms with Gasteiger partial charge in [-0.15, -0.1) is 0 Å². The van der Waals surface area contributed by atoms with E-state index in [0.29, 0.717) is 6.54 Å². The number of nitrogens with one attached hydrogen (secondary N) is 1. The van der Waals surface area contributed by atoms with E-state index in [-0.39, 0.29) is 12.2 Å². The van der Waals surface area contributed by atoms with Crippen molar-refractivity contribution in [3.8, 4) is 0 Å². The van der Waals surface area contributed by atoms with Crippen molar-refractivity contribution in [2.24, 2.45) is 5.73 Å². The molecule has 0 aromatic carbocycles. The molecule has 1 amide bonds. The number of carbonyl (C=O) groups excluding carboxylic acids is 1. The zero-order valence-corrected chi connectivity index (χ0v) is 11.3. The summed E-state index contributed by atoms with van der Waals surface area (Å²) < 4.78 is 35.1. The summed E-state index contributed by atoms with van der Waals surface area (Å²) in [6.45, 7) is 0.181. The molecule has 0 radical (unpaired) electrons. The van der Waals surface area contributed by atoms with Gasteiger partial charge in [0, 0.05) is 37.5 Å². The summed E-state index contributed by atoms with van der Waals surface area (Å²) in [7, 11) is 0. The summed E-state index contributed by atoms with van der Waals surface area (Å²) in [5.41, 5.74) is 6.34. The van der Waals surface area contributed by atoms with Crippen molar-refractivity contribution in [3.05, 3.63) is 48.6 Å². The molecule has 0 saturated heterocycles. The normalized spacial score (nSPS) is 10.4. The molecular formula is C12H13F3N6O. The number of aromatic nitrogens is 4. The number of hydrogen-bond acceptors (Lipinski definition) is 6. The first kappa shape index (κ1) is 17.4. The van der Waals surface area contributed by atoms with Gasteiger partial charge in [-0.1, -0.05) is 0 Å². The Morgan fingerprint density at radius 2 is 1.59 bits per heavy atom. The first-order valence-electron chi connectivity index (χ1n) is 5.98. The third-order valence-corrected chi connectivity index (χ3v) is 2.13. The Kier molecular flexibility index (Phi) is 6.83. The fraction of sp³-hybridized carbons (Fsp3) is 0.250. The van der Waals surface area contributed by atoms with Gasteiger partial charge in [0.05, 0.1) is 24.1 Å². The van der Waals surface area contributed by atoms with Crippen LogP contribution in [0.2, 0.25) is 0 Å². The van der Waals surface area contributed by atoms with E-state index in [1.165, 1.54) is 18.6 Å². The lowest BCUT2D eigenvalue weighted by Crippen LogP contribution is -2.36. The van der Waals surface area contributed by atoms with Gasteiger partial charge in [0.2, 0.25) is 0 Å². The van der Waals surface area contributed by atoms with E-state index in [9.17, 15) is 18.0 Å². The fourth-order valence-corrected chi connectivity index (χ4v) is 1.13. The number of alkyl halides is 3. The van der Waals surface area contributed by atoms with Crippen molar-refractivity contribution in [2.45, 2.75) is 19.3 Å². The lowest BCUT2D eigenvalue weighted by Gasteiger charge is -2.06. The molecule has 2 heterocycles. The Balaban J connectivity index is 0.000000255. The Bertz CT molecular complexity index is 564. The van der Waals surface area contributed by atoms with Gasteiger partial charge in [-0.2, -0.15) is 13.2 Å². The molecule has 22 heavy (non-hydrogen) atoms. The van der Waals surface area contributed by atoms with E-state index in [4.69, 9.17) is 5.73 Å². The SMILES string of the molecule is NCc1cnccn1.O=C(NCc1cnccn1)C(F)(F)F. The molecule has 0 unspecified atom stereocenters. The molecule has 0 aliphatic carbocycles. The second kappa shape index (κ2) is 8.62. The largest absolute Gasteiger partial charge is 0.471 e. The Morgan fingerprint density at radius 3 is 1.95 bits per heavy atom. The molecule has 0 fully saturated rings. The molecule has 2 rings (SSSR count). The minimum atomic E-state index is -4.86. The minimum Gasteiger partial charge on any atom is -0.343 e. The van der Waals surface area contributed by atoms with Gasteiger partial charge in [-0.05, 0) is 0 Å². The number of rotatable bonds is 3. The molecule has 3 N–H and O–H groups in total. The van der Waals surface area contributed by atoms with Gasteiger partial charge in [0.15, 0.2) is 0 Å². The van der Waals surface area contributed by atoms with Crippen LogP contribution < -0.4 is 11.1 Å². The summed E-state index contributed by atoms with van der Waals surface area (Å²) in [5.74, 6) is -1.98. The monoisotopic (exact) mass is 314 g/mol. The maximum atomic E-state index is 11.7. The third kappa shape index (κ3) is 6.70. The summed E-state index contributed by atoms with van der Waals surface area (Å²) >= 11 is 0. The first-order chi connectivity index (χ1) is 10.4. The van der Waals surface area contributed by atoms with Gasteiger partial charge in [0.1, 0.15) is 0 Å². The maximum absolute atomic E-state index is 11.7. The number of nitrogens with two attached hydrogens (primary N) is 1. The van der Waals surface area contributed by atoms with E-state index in [1.807, 2.05) is 0 Å². The van der Waals surface area contributed by atoms with Gasteiger partial charge < -0.3 is 11.1 Å². The summed E-state index contributed by atoms with van der Waals surface area (Å²) in [6.07, 6.45) is 4.03. The highest BCUT2D eigenvalue weighted by atomic mass is 19.4. The van der Waals surface area contributed by atoms with E-state index >= 15 is 0 Å². The second-order valence-corrected chi connectivity index (χ2v) is 3.78. The topological polar surface area (TPSA) is 107 Å². The number of halogens is 3. The molecule has 2 aromatic rings. The van der Waals surface area contributed by atoms with Crippen LogP contribution in [0.15, 0.2) is 37.2 Å². The third-order valence-electron chi connectivity index (χ3n) is 2.13. The van der Waals surface area contributed by atoms with E-state index in [0.717, 1.165) is 5.69 Å². The van der Waals surface area contributed by atoms with Gasteiger partial charge in [0.25, 0.3) is 0 Å². The lowest BCUT2D eigenvalue weighted by molar-refractivity contribution is -0.173. The highest BCUT2D eigenvalue weighted by Gasteiger charge is 2.38. The molecule has 0 bridgehead atoms. The van der Waals surface area contributed by atoms with Crippen LogP contribution in [-0.4, -0.2) is 32.0 Å². The Morgan fingerprint density at radius 1 is 1.05 bits per heavy atom. The molecule has 2 aromatic heterocycles. The predicted molar refractivity (Wildman–Crippen MR) is 69.9 cm³/mol. The van der Waals surface area contributed by atoms with Crippen LogP contribution in [0.3, 0.4) is 0 Å². The molecule has 7 nitrogen and oxygen atoms in total. The summed E-state index contributed by atoms with van der Waals surface area (Å²) in [6, 6.07) is 0. The van der Waals surface area contributed by atoms with Crippen molar-refractivity contribution in [1.82, 2.24) is 25.3 Å². The van der Waals surface area contributed by atoms with Crippen molar-refractivity contribution in [3.63, 3.8) is 0 Å². The fourth-order valence-electron chi connectivity index (χ4n) is 1.13. The van der Waals surface area contributed by atoms with Crippen LogP contribution in [-0.2, 0) is 17.9 Å². The van der Waals surface area contributed by atoms with Gasteiger partial charge in [-0.3, -0.25) is 24.7 Å². The number of hydrogen-bond donors (Lipinski definition) is 2. The predicted octanol–water partition coefficient (Wildman–Crippen LogP) is 0.590. The van der Waals surface area contributed by atoms with Crippen molar-refractivity contribution >= 4 is 5.91 Å². The quantitative estimate of drug-likeness (QED) is 0.859. The highest BCUT2D eigenvalue weighted by molar-refractivity contribution is 5.81. The average Bonchev–Trinajstić information content (AvgIpc) is 2.54. The number of nitrogens with zero attached hydrogens (tertiary/aromatic N) is 4. The highest BCUT2D eigenvalue weighted by Crippen LogP contribution is 2.14. The standard InChI is InChI=1S/C7H6F3N3O.C5H7N3/c8-7(9,10)6(14)13-4-5-3-11-1-2-12-5;6-3-5-4-7-1-2-8-5/h1-3H,4H2,(H,13,14);1-2,4H,3,6H2. The van der Waals surface area contributed by atoms with Crippen LogP contribution in [0.1, 0.15) is 11.4 Å². The average molecular weight is 314 g/mol. The minimum absolute atomic E-state index is 0.269. The summed E-state index contributed by atoms with van der Waals surface area (Å²) in [5, 5.41) is 1.67. The summed E-state index contributed by atoms with van der Waals surface area (Å²) in [4.78, 5) is 25.4. The molecular weight excluding hydrogens is 301 g/mol. The van der Waals surface area contributed by atoms with E-state index in [1.54, 1.807) is 23.9 Å². The molecule has 0 spiro atoms. The lowest BCUT2D eigenvalue weighted by atomic mass is 10.4. The first-order valence-corrected chi connectivity index (χ1v) is 5.98. The molecule has 0 aliphatic rings. The van der Waals surface area contributed by atoms with Crippen LogP contribution >= 0.6 is 0 Å². The Hall–Kier alpha value is -2.62. The van der Waals surface area contributed by atoms with Crippen LogP contribution in [0.25, 0.3) is 0 Å². The van der Waals surface area contributed by atoms with Crippen molar-refractivity contribution in [2.75, 3.05) is 0 Å². The molecule has 10 heteroatoms. The molecule has 0 atom stereocenters. The van der Waals surface area contributed by atoms with Crippen LogP contribution in [0, 0.1) is 0 Å². The number of amides is 1. The number of carbonyl (C=O) groups is 1. The molecule has 118 valence electrons. The second-order valence-electron chi connectivity index (χ2n) is 3.78. The van der Waals surface area contributed by atoms with Gasteiger partial charge in [-0.25, -0.2) is 0 Å². The molecule has 0 aliphatic heterocycles. The zero-order chi connectivity index (χ0) is 16.4. The maximum Gasteiger partial charge on any atom is 0.471 e. The van der Waals surface area contributed by atoms with Crippen LogP contribution in [0.5, 0.6) is 0 Å². The van der Waals surface area contributed by atoms with E-state index in [2.05, 4.69) is 19.9 Å². The van der Waals surface area contributed by atoms with Crippen LogP contribution in [0.4, 0.5) is 13.2 Å². The zero-order valence-electron chi connectivity index (χ0n) is 11.3. The smallest absolute Gasteiger partial charge is 0.343 e. The van der Waals surface area contributed by atoms with Crippen molar-refractivity contribution in [1.29, 1.82) is 0 Å². The van der Waals surface area contributed by atoms with Crippen molar-refractivity contribution < 1.29 is 18.0 Å². The van der Waals surface area contributed by atoms with E-state index < -0.39 is 12.1 Å².